The fraction of sp³-hybridized carbons (Fsp3) is 0.111. The van der Waals surface area contributed by atoms with Crippen LogP contribution in [0.4, 0.5) is 5.13 Å². The molecule has 0 radical (unpaired) electrons. The molecule has 0 unspecified atom stereocenters. The highest BCUT2D eigenvalue weighted by molar-refractivity contribution is 7.91. The summed E-state index contributed by atoms with van der Waals surface area (Å²) in [6, 6.07) is 0. The normalized spacial score (nSPS) is 11.3. The molecule has 100 valence electrons. The molecule has 2 rings (SSSR count). The van der Waals surface area contributed by atoms with Gasteiger partial charge in [-0.3, -0.25) is 10.1 Å². The fourth-order valence-electron chi connectivity index (χ4n) is 1.29. The van der Waals surface area contributed by atoms with Gasteiger partial charge in [0.05, 0.1) is 11.3 Å². The average Bonchev–Trinajstić information content (AvgIpc) is 2.71. The number of nitrogens with zero attached hydrogens (tertiary/aromatic N) is 3. The minimum atomic E-state index is -3.83. The van der Waals surface area contributed by atoms with E-state index in [9.17, 15) is 13.2 Å². The van der Waals surface area contributed by atoms with Gasteiger partial charge in [-0.05, 0) is 6.92 Å². The molecule has 0 aromatic carbocycles. The van der Waals surface area contributed by atoms with Gasteiger partial charge in [-0.2, -0.15) is 0 Å². The second-order valence-corrected chi connectivity index (χ2v) is 6.27. The van der Waals surface area contributed by atoms with Crippen molar-refractivity contribution in [3.63, 3.8) is 0 Å². The number of primary sulfonamides is 1. The van der Waals surface area contributed by atoms with E-state index in [1.54, 1.807) is 0 Å². The third-order valence-corrected chi connectivity index (χ3v) is 4.68. The lowest BCUT2D eigenvalue weighted by Gasteiger charge is -1.99. The molecule has 10 heteroatoms. The molecule has 0 saturated heterocycles. The Morgan fingerprint density at radius 1 is 1.37 bits per heavy atom. The van der Waals surface area contributed by atoms with Crippen LogP contribution in [0.3, 0.4) is 0 Å². The van der Waals surface area contributed by atoms with E-state index in [-0.39, 0.29) is 20.6 Å². The highest BCUT2D eigenvalue weighted by Crippen LogP contribution is 2.26. The Balaban J connectivity index is 2.24. The average molecular weight is 299 g/mol. The van der Waals surface area contributed by atoms with Gasteiger partial charge >= 0.3 is 0 Å². The van der Waals surface area contributed by atoms with Crippen LogP contribution < -0.4 is 10.5 Å². The molecule has 0 fully saturated rings. The lowest BCUT2D eigenvalue weighted by molar-refractivity contribution is 0.102. The first kappa shape index (κ1) is 13.5. The molecule has 2 heterocycles. The number of anilines is 1. The molecule has 0 saturated carbocycles. The number of aryl methyl sites for hydroxylation is 1. The number of nitrogens with one attached hydrogen (secondary N) is 1. The van der Waals surface area contributed by atoms with E-state index in [0.717, 1.165) is 11.3 Å². The topological polar surface area (TPSA) is 128 Å². The molecule has 3 N–H and O–H groups in total. The minimum absolute atomic E-state index is 0.0767. The largest absolute Gasteiger partial charge is 0.298 e. The van der Waals surface area contributed by atoms with Crippen molar-refractivity contribution in [3.8, 4) is 0 Å². The van der Waals surface area contributed by atoms with E-state index in [0.29, 0.717) is 0 Å². The number of hydrogen-bond acceptors (Lipinski definition) is 7. The quantitative estimate of drug-likeness (QED) is 0.829. The van der Waals surface area contributed by atoms with Crippen LogP contribution in [0, 0.1) is 6.92 Å². The summed E-state index contributed by atoms with van der Waals surface area (Å²) >= 11 is 0.793. The number of aromatic nitrogens is 3. The Hall–Kier alpha value is -1.91. The summed E-state index contributed by atoms with van der Waals surface area (Å²) in [5.41, 5.74) is 0.486. The summed E-state index contributed by atoms with van der Waals surface area (Å²) in [5, 5.41) is 7.63. The maximum Gasteiger partial charge on any atom is 0.260 e. The van der Waals surface area contributed by atoms with E-state index >= 15 is 0 Å². The lowest BCUT2D eigenvalue weighted by Crippen LogP contribution is -2.12. The molecule has 0 bridgehead atoms. The lowest BCUT2D eigenvalue weighted by atomic mass is 10.3. The van der Waals surface area contributed by atoms with Crippen molar-refractivity contribution >= 4 is 32.4 Å². The minimum Gasteiger partial charge on any atom is -0.298 e. The Labute approximate surface area is 112 Å². The van der Waals surface area contributed by atoms with Crippen molar-refractivity contribution in [3.05, 3.63) is 30.0 Å². The van der Waals surface area contributed by atoms with Gasteiger partial charge in [-0.25, -0.2) is 28.5 Å². The molecule has 0 aliphatic rings. The van der Waals surface area contributed by atoms with E-state index in [1.807, 2.05) is 0 Å². The molecule has 1 amide bonds. The zero-order valence-electron chi connectivity index (χ0n) is 9.69. The van der Waals surface area contributed by atoms with Crippen LogP contribution in [0.15, 0.2) is 22.9 Å². The van der Waals surface area contributed by atoms with Gasteiger partial charge < -0.3 is 0 Å². The summed E-state index contributed by atoms with van der Waals surface area (Å²) in [4.78, 5) is 23.1. The van der Waals surface area contributed by atoms with Crippen molar-refractivity contribution in [1.82, 2.24) is 15.0 Å². The van der Waals surface area contributed by atoms with Crippen molar-refractivity contribution in [2.45, 2.75) is 11.1 Å². The smallest absolute Gasteiger partial charge is 0.260 e. The molecule has 19 heavy (non-hydrogen) atoms. The predicted octanol–water partition coefficient (Wildman–Crippen LogP) is 0.141. The second kappa shape index (κ2) is 4.99. The van der Waals surface area contributed by atoms with Gasteiger partial charge in [-0.1, -0.05) is 11.3 Å². The number of thiazole rings is 1. The molecule has 0 spiro atoms. The number of amides is 1. The van der Waals surface area contributed by atoms with E-state index in [1.165, 1.54) is 25.6 Å². The fourth-order valence-corrected chi connectivity index (χ4v) is 3.14. The van der Waals surface area contributed by atoms with Crippen molar-refractivity contribution in [2.75, 3.05) is 5.32 Å². The third-order valence-electron chi connectivity index (χ3n) is 2.06. The van der Waals surface area contributed by atoms with Crippen molar-refractivity contribution in [2.24, 2.45) is 5.14 Å². The van der Waals surface area contributed by atoms with Crippen LogP contribution in [-0.4, -0.2) is 29.3 Å². The van der Waals surface area contributed by atoms with Gasteiger partial charge in [-0.15, -0.1) is 0 Å². The van der Waals surface area contributed by atoms with E-state index in [4.69, 9.17) is 5.14 Å². The molecule has 0 aliphatic carbocycles. The zero-order valence-corrected chi connectivity index (χ0v) is 11.3. The molecule has 0 aliphatic heterocycles. The van der Waals surface area contributed by atoms with Gasteiger partial charge in [0.15, 0.2) is 9.34 Å². The van der Waals surface area contributed by atoms with Crippen LogP contribution in [0.1, 0.15) is 16.1 Å². The number of sulfonamides is 1. The number of carbonyl (C=O) groups excluding carboxylic acids is 1. The van der Waals surface area contributed by atoms with Crippen LogP contribution in [0.5, 0.6) is 0 Å². The third kappa shape index (κ3) is 3.10. The summed E-state index contributed by atoms with van der Waals surface area (Å²) in [6.07, 6.45) is 3.97. The predicted molar refractivity (Wildman–Crippen MR) is 68.2 cm³/mol. The first-order chi connectivity index (χ1) is 8.88. The molecule has 2 aromatic heterocycles. The van der Waals surface area contributed by atoms with Crippen LogP contribution in [-0.2, 0) is 10.0 Å². The number of hydrogen-bond donors (Lipinski definition) is 2. The van der Waals surface area contributed by atoms with Gasteiger partial charge in [0, 0.05) is 12.4 Å². The number of nitrogens with two attached hydrogens (primary N) is 1. The highest BCUT2D eigenvalue weighted by atomic mass is 32.2. The standard InChI is InChI=1S/C9H9N5O3S2/c1-5-8(19(10,16)17)18-9(13-5)14-7(15)6-2-11-4-12-3-6/h2-4H,1H3,(H2,10,16,17)(H,13,14,15). The SMILES string of the molecule is Cc1nc(NC(=O)c2cncnc2)sc1S(N)(=O)=O. The maximum absolute atomic E-state index is 11.8. The van der Waals surface area contributed by atoms with Gasteiger partial charge in [0.25, 0.3) is 5.91 Å². The second-order valence-electron chi connectivity index (χ2n) is 3.52. The van der Waals surface area contributed by atoms with Crippen LogP contribution >= 0.6 is 11.3 Å². The number of rotatable bonds is 3. The monoisotopic (exact) mass is 299 g/mol. The van der Waals surface area contributed by atoms with Crippen LogP contribution in [0.25, 0.3) is 0 Å². The number of carbonyl (C=O) groups is 1. The van der Waals surface area contributed by atoms with Gasteiger partial charge in [0.2, 0.25) is 10.0 Å². The van der Waals surface area contributed by atoms with Crippen molar-refractivity contribution in [1.29, 1.82) is 0 Å². The summed E-state index contributed by atoms with van der Waals surface area (Å²) in [5.74, 6) is -0.477. The Kier molecular flexibility index (Phi) is 3.55. The first-order valence-corrected chi connectivity index (χ1v) is 7.31. The zero-order chi connectivity index (χ0) is 14.0. The Morgan fingerprint density at radius 3 is 2.53 bits per heavy atom. The molecule has 8 nitrogen and oxygen atoms in total. The maximum atomic E-state index is 11.8. The van der Waals surface area contributed by atoms with Crippen molar-refractivity contribution < 1.29 is 13.2 Å². The van der Waals surface area contributed by atoms with E-state index in [2.05, 4.69) is 20.3 Å². The molecular formula is C9H9N5O3S2. The summed E-state index contributed by atoms with van der Waals surface area (Å²) in [7, 11) is -3.83. The van der Waals surface area contributed by atoms with Gasteiger partial charge in [0.1, 0.15) is 6.33 Å². The summed E-state index contributed by atoms with van der Waals surface area (Å²) < 4.78 is 22.4. The molecule has 0 atom stereocenters. The molecular weight excluding hydrogens is 290 g/mol. The van der Waals surface area contributed by atoms with E-state index < -0.39 is 15.9 Å². The Bertz CT molecular complexity index is 711. The first-order valence-electron chi connectivity index (χ1n) is 4.94. The highest BCUT2D eigenvalue weighted by Gasteiger charge is 2.19. The molecule has 2 aromatic rings. The summed E-state index contributed by atoms with van der Waals surface area (Å²) in [6.45, 7) is 1.50. The Morgan fingerprint density at radius 2 is 2.00 bits per heavy atom. The van der Waals surface area contributed by atoms with Crippen LogP contribution in [0.2, 0.25) is 0 Å².